The Morgan fingerprint density at radius 3 is 0.662 bits per heavy atom. The number of esters is 3. The lowest BCUT2D eigenvalue weighted by Crippen LogP contribution is -2.30. The predicted molar refractivity (Wildman–Crippen MR) is 279 cm³/mol. The van der Waals surface area contributed by atoms with Gasteiger partial charge in [0, 0.05) is 19.3 Å². The molecule has 0 aliphatic rings. The van der Waals surface area contributed by atoms with Gasteiger partial charge >= 0.3 is 17.9 Å². The third-order valence-corrected chi connectivity index (χ3v) is 13.4. The quantitative estimate of drug-likeness (QED) is 0.0344. The second kappa shape index (κ2) is 50.3. The molecule has 0 heterocycles. The van der Waals surface area contributed by atoms with Gasteiger partial charge in [-0.2, -0.15) is 0 Å². The van der Waals surface area contributed by atoms with E-state index < -0.39 is 6.10 Å². The molecule has 0 aromatic rings. The molecule has 65 heavy (non-hydrogen) atoms. The molecule has 0 aromatic heterocycles. The summed E-state index contributed by atoms with van der Waals surface area (Å²) in [7, 11) is 0. The van der Waals surface area contributed by atoms with Crippen LogP contribution in [-0.2, 0) is 28.6 Å². The van der Waals surface area contributed by atoms with E-state index in [0.717, 1.165) is 75.5 Å². The van der Waals surface area contributed by atoms with E-state index in [1.165, 1.54) is 205 Å². The standard InChI is InChI=1S/C59H114O6/c1-53(2)45-39-33-27-23-19-15-11-9-7-8-10-12-18-22-26-30-38-44-50-59(62)65-56(52-64-58(61)49-43-37-32-31-35-41-47-55(5)6)51-63-57(60)48-42-36-29-25-21-17-14-13-16-20-24-28-34-40-46-54(3)4/h53-56H,7-52H2,1-6H3/t56-/m0/s1. The Bertz CT molecular complexity index is 1010. The third kappa shape index (κ3) is 53.2. The summed E-state index contributed by atoms with van der Waals surface area (Å²) in [6.07, 6.45) is 52.6. The van der Waals surface area contributed by atoms with Gasteiger partial charge in [-0.05, 0) is 37.0 Å². The van der Waals surface area contributed by atoms with Gasteiger partial charge in [0.05, 0.1) is 0 Å². The Labute approximate surface area is 406 Å². The van der Waals surface area contributed by atoms with Crippen LogP contribution in [0.2, 0.25) is 0 Å². The highest BCUT2D eigenvalue weighted by Gasteiger charge is 2.19. The van der Waals surface area contributed by atoms with Gasteiger partial charge < -0.3 is 14.2 Å². The number of rotatable bonds is 52. The minimum absolute atomic E-state index is 0.0643. The van der Waals surface area contributed by atoms with Crippen LogP contribution in [0, 0.1) is 17.8 Å². The van der Waals surface area contributed by atoms with E-state index in [2.05, 4.69) is 41.5 Å². The molecule has 0 N–H and O–H groups in total. The second-order valence-corrected chi connectivity index (χ2v) is 21.7. The largest absolute Gasteiger partial charge is 0.462 e. The molecule has 0 aromatic carbocycles. The zero-order chi connectivity index (χ0) is 47.7. The molecule has 0 bridgehead atoms. The first kappa shape index (κ1) is 63.4. The van der Waals surface area contributed by atoms with Crippen molar-refractivity contribution in [3.63, 3.8) is 0 Å². The van der Waals surface area contributed by atoms with E-state index in [1.807, 2.05) is 0 Å². The smallest absolute Gasteiger partial charge is 0.306 e. The molecule has 0 aliphatic heterocycles. The van der Waals surface area contributed by atoms with Crippen LogP contribution in [0.3, 0.4) is 0 Å². The number of carbonyl (C=O) groups excluding carboxylic acids is 3. The fourth-order valence-electron chi connectivity index (χ4n) is 9.00. The molecule has 1 atom stereocenters. The zero-order valence-corrected chi connectivity index (χ0v) is 44.8. The summed E-state index contributed by atoms with van der Waals surface area (Å²) in [5.41, 5.74) is 0. The van der Waals surface area contributed by atoms with Gasteiger partial charge in [-0.3, -0.25) is 14.4 Å². The maximum atomic E-state index is 12.8. The molecule has 0 spiro atoms. The molecule has 0 aliphatic carbocycles. The SMILES string of the molecule is CC(C)CCCCCCCCCCCCCCCCCCCCC(=O)O[C@@H](COC(=O)CCCCCCCCCCCCCCCCC(C)C)COC(=O)CCCCCCCCC(C)C. The van der Waals surface area contributed by atoms with E-state index in [9.17, 15) is 14.4 Å². The molecule has 0 amide bonds. The van der Waals surface area contributed by atoms with Crippen LogP contribution in [0.4, 0.5) is 0 Å². The predicted octanol–water partition coefficient (Wildman–Crippen LogP) is 19.1. The van der Waals surface area contributed by atoms with Crippen LogP contribution in [0.25, 0.3) is 0 Å². The Balaban J connectivity index is 4.20. The third-order valence-electron chi connectivity index (χ3n) is 13.4. The molecule has 0 rings (SSSR count). The maximum absolute atomic E-state index is 12.8. The summed E-state index contributed by atoms with van der Waals surface area (Å²) in [4.78, 5) is 38.0. The normalized spacial score (nSPS) is 12.1. The molecule has 0 fully saturated rings. The minimum Gasteiger partial charge on any atom is -0.462 e. The number of unbranched alkanes of at least 4 members (excludes halogenated alkanes) is 35. The molecule has 0 unspecified atom stereocenters. The van der Waals surface area contributed by atoms with Crippen molar-refractivity contribution in [1.29, 1.82) is 0 Å². The average molecular weight is 920 g/mol. The highest BCUT2D eigenvalue weighted by Crippen LogP contribution is 2.18. The Morgan fingerprint density at radius 2 is 0.446 bits per heavy atom. The lowest BCUT2D eigenvalue weighted by Gasteiger charge is -2.18. The van der Waals surface area contributed by atoms with Gasteiger partial charge in [-0.25, -0.2) is 0 Å². The summed E-state index contributed by atoms with van der Waals surface area (Å²) in [6, 6.07) is 0. The Kier molecular flexibility index (Phi) is 49.1. The Morgan fingerprint density at radius 1 is 0.262 bits per heavy atom. The van der Waals surface area contributed by atoms with Crippen molar-refractivity contribution in [3.8, 4) is 0 Å². The van der Waals surface area contributed by atoms with Crippen LogP contribution in [0.5, 0.6) is 0 Å². The maximum Gasteiger partial charge on any atom is 0.306 e. The van der Waals surface area contributed by atoms with Crippen molar-refractivity contribution < 1.29 is 28.6 Å². The van der Waals surface area contributed by atoms with Crippen LogP contribution in [0.15, 0.2) is 0 Å². The van der Waals surface area contributed by atoms with Crippen LogP contribution in [-0.4, -0.2) is 37.2 Å². The number of ether oxygens (including phenoxy) is 3. The van der Waals surface area contributed by atoms with E-state index in [-0.39, 0.29) is 31.1 Å². The summed E-state index contributed by atoms with van der Waals surface area (Å²) < 4.78 is 16.9. The lowest BCUT2D eigenvalue weighted by atomic mass is 10.0. The fraction of sp³-hybridized carbons (Fsp3) is 0.949. The molecule has 6 heteroatoms. The van der Waals surface area contributed by atoms with Crippen molar-refractivity contribution in [2.45, 2.75) is 330 Å². The topological polar surface area (TPSA) is 78.9 Å². The summed E-state index contributed by atoms with van der Waals surface area (Å²) in [6.45, 7) is 13.7. The van der Waals surface area contributed by atoms with Crippen LogP contribution >= 0.6 is 0 Å². The first-order chi connectivity index (χ1) is 31.6. The zero-order valence-electron chi connectivity index (χ0n) is 44.8. The first-order valence-corrected chi connectivity index (χ1v) is 29.1. The van der Waals surface area contributed by atoms with Crippen molar-refractivity contribution in [3.05, 3.63) is 0 Å². The molecule has 386 valence electrons. The van der Waals surface area contributed by atoms with Crippen LogP contribution < -0.4 is 0 Å². The van der Waals surface area contributed by atoms with Gasteiger partial charge in [0.25, 0.3) is 0 Å². The minimum atomic E-state index is -0.764. The van der Waals surface area contributed by atoms with Gasteiger partial charge in [0.15, 0.2) is 6.10 Å². The second-order valence-electron chi connectivity index (χ2n) is 21.7. The molecular formula is C59H114O6. The van der Waals surface area contributed by atoms with Gasteiger partial charge in [-0.1, -0.05) is 286 Å². The highest BCUT2D eigenvalue weighted by atomic mass is 16.6. The van der Waals surface area contributed by atoms with Crippen molar-refractivity contribution in [1.82, 2.24) is 0 Å². The van der Waals surface area contributed by atoms with Gasteiger partial charge in [-0.15, -0.1) is 0 Å². The van der Waals surface area contributed by atoms with Crippen molar-refractivity contribution in [2.24, 2.45) is 17.8 Å². The monoisotopic (exact) mass is 919 g/mol. The van der Waals surface area contributed by atoms with Crippen molar-refractivity contribution >= 4 is 17.9 Å². The van der Waals surface area contributed by atoms with E-state index in [1.54, 1.807) is 0 Å². The number of hydrogen-bond donors (Lipinski definition) is 0. The van der Waals surface area contributed by atoms with Crippen molar-refractivity contribution in [2.75, 3.05) is 13.2 Å². The molecule has 0 radical (unpaired) electrons. The molecular weight excluding hydrogens is 805 g/mol. The Hall–Kier alpha value is -1.59. The molecule has 0 saturated carbocycles. The number of hydrogen-bond acceptors (Lipinski definition) is 6. The van der Waals surface area contributed by atoms with Gasteiger partial charge in [0.2, 0.25) is 0 Å². The highest BCUT2D eigenvalue weighted by molar-refractivity contribution is 5.71. The fourth-order valence-corrected chi connectivity index (χ4v) is 9.00. The van der Waals surface area contributed by atoms with E-state index >= 15 is 0 Å². The summed E-state index contributed by atoms with van der Waals surface area (Å²) in [5, 5.41) is 0. The molecule has 0 saturated heterocycles. The number of carbonyl (C=O) groups is 3. The van der Waals surface area contributed by atoms with E-state index in [4.69, 9.17) is 14.2 Å². The lowest BCUT2D eigenvalue weighted by molar-refractivity contribution is -0.167. The average Bonchev–Trinajstić information content (AvgIpc) is 3.26. The first-order valence-electron chi connectivity index (χ1n) is 29.1. The van der Waals surface area contributed by atoms with Crippen LogP contribution in [0.1, 0.15) is 324 Å². The van der Waals surface area contributed by atoms with E-state index in [0.29, 0.717) is 19.3 Å². The summed E-state index contributed by atoms with van der Waals surface area (Å²) >= 11 is 0. The summed E-state index contributed by atoms with van der Waals surface area (Å²) in [5.74, 6) is 1.62. The molecule has 6 nitrogen and oxygen atoms in total. The van der Waals surface area contributed by atoms with Gasteiger partial charge in [0.1, 0.15) is 13.2 Å².